The van der Waals surface area contributed by atoms with E-state index in [0.717, 1.165) is 0 Å². The number of carbonyl (C=O) groups is 2. The number of nitrogens with zero attached hydrogens (tertiary/aromatic N) is 3. The maximum atomic E-state index is 12.8. The Morgan fingerprint density at radius 2 is 1.88 bits per heavy atom. The molecule has 2 amide bonds. The van der Waals surface area contributed by atoms with E-state index in [4.69, 9.17) is 23.2 Å². The molecule has 0 saturated heterocycles. The zero-order chi connectivity index (χ0) is 17.9. The zero-order valence-electron chi connectivity index (χ0n) is 13.4. The van der Waals surface area contributed by atoms with Crippen LogP contribution in [-0.2, 0) is 0 Å². The molecule has 6 nitrogen and oxygen atoms in total. The first-order valence-electron chi connectivity index (χ1n) is 7.08. The lowest BCUT2D eigenvalue weighted by atomic mass is 10.1. The van der Waals surface area contributed by atoms with E-state index in [9.17, 15) is 9.59 Å². The summed E-state index contributed by atoms with van der Waals surface area (Å²) < 4.78 is 0. The molecular weight excluding hydrogens is 351 g/mol. The van der Waals surface area contributed by atoms with E-state index in [1.165, 1.54) is 23.3 Å². The Balaban J connectivity index is 2.29. The summed E-state index contributed by atoms with van der Waals surface area (Å²) in [6, 6.07) is 7.94. The predicted molar refractivity (Wildman–Crippen MR) is 91.9 cm³/mol. The van der Waals surface area contributed by atoms with E-state index >= 15 is 0 Å². The van der Waals surface area contributed by atoms with E-state index in [-0.39, 0.29) is 11.0 Å². The Bertz CT molecular complexity index is 775. The molecule has 1 N–H and O–H groups in total. The minimum absolute atomic E-state index is 0.129. The van der Waals surface area contributed by atoms with Crippen LogP contribution in [0.25, 0.3) is 0 Å². The second-order valence-corrected chi connectivity index (χ2v) is 6.79. The summed E-state index contributed by atoms with van der Waals surface area (Å²) in [6.45, 7) is 5.36. The normalized spacial score (nSPS) is 11.0. The van der Waals surface area contributed by atoms with Gasteiger partial charge in [0.2, 0.25) is 5.82 Å². The topological polar surface area (TPSA) is 75.2 Å². The van der Waals surface area contributed by atoms with Crippen LogP contribution in [0.5, 0.6) is 0 Å². The van der Waals surface area contributed by atoms with E-state index in [2.05, 4.69) is 15.4 Å². The van der Waals surface area contributed by atoms with Crippen molar-refractivity contribution in [2.75, 3.05) is 0 Å². The molecule has 2 rings (SSSR count). The van der Waals surface area contributed by atoms with Gasteiger partial charge < -0.3 is 0 Å². The van der Waals surface area contributed by atoms with Gasteiger partial charge in [-0.3, -0.25) is 15.0 Å². The Labute approximate surface area is 149 Å². The van der Waals surface area contributed by atoms with Crippen molar-refractivity contribution >= 4 is 35.0 Å². The molecule has 8 heteroatoms. The van der Waals surface area contributed by atoms with Crippen molar-refractivity contribution in [2.45, 2.75) is 26.3 Å². The highest BCUT2D eigenvalue weighted by Gasteiger charge is 2.30. The van der Waals surface area contributed by atoms with Gasteiger partial charge in [0.05, 0.1) is 5.54 Å². The van der Waals surface area contributed by atoms with Crippen molar-refractivity contribution in [3.8, 4) is 0 Å². The second-order valence-electron chi connectivity index (χ2n) is 5.97. The maximum Gasteiger partial charge on any atom is 0.307 e. The molecule has 2 aromatic rings. The number of amides is 2. The number of hydrazine groups is 1. The smallest absolute Gasteiger partial charge is 0.267 e. The van der Waals surface area contributed by atoms with Crippen LogP contribution < -0.4 is 5.43 Å². The summed E-state index contributed by atoms with van der Waals surface area (Å²) in [7, 11) is 0. The van der Waals surface area contributed by atoms with Gasteiger partial charge in [0, 0.05) is 16.8 Å². The lowest BCUT2D eigenvalue weighted by molar-refractivity contribution is 0.0354. The summed E-state index contributed by atoms with van der Waals surface area (Å²) in [6.07, 6.45) is 1.37. The lowest BCUT2D eigenvalue weighted by Crippen LogP contribution is -2.56. The van der Waals surface area contributed by atoms with Crippen LogP contribution in [0.2, 0.25) is 10.2 Å². The summed E-state index contributed by atoms with van der Waals surface area (Å²) in [4.78, 5) is 32.8. The van der Waals surface area contributed by atoms with Crippen molar-refractivity contribution in [1.82, 2.24) is 20.4 Å². The molecule has 0 aliphatic carbocycles. The van der Waals surface area contributed by atoms with Crippen LogP contribution in [0.1, 0.15) is 41.7 Å². The molecular formula is C16H16Cl2N4O2. The Morgan fingerprint density at radius 1 is 1.17 bits per heavy atom. The van der Waals surface area contributed by atoms with Crippen LogP contribution in [0.3, 0.4) is 0 Å². The van der Waals surface area contributed by atoms with Crippen molar-refractivity contribution < 1.29 is 9.59 Å². The van der Waals surface area contributed by atoms with Gasteiger partial charge in [0.25, 0.3) is 5.91 Å². The summed E-state index contributed by atoms with van der Waals surface area (Å²) in [5, 5.41) is 1.78. The van der Waals surface area contributed by atoms with Crippen LogP contribution in [0.4, 0.5) is 0 Å². The molecule has 0 saturated carbocycles. The highest BCUT2D eigenvalue weighted by atomic mass is 35.5. The highest BCUT2D eigenvalue weighted by Crippen LogP contribution is 2.18. The predicted octanol–water partition coefficient (Wildman–Crippen LogP) is 3.37. The Kier molecular flexibility index (Phi) is 5.41. The fraction of sp³-hybridized carbons (Fsp3) is 0.250. The number of hydrogen-bond donors (Lipinski definition) is 1. The fourth-order valence-electron chi connectivity index (χ4n) is 1.87. The standard InChI is InChI=1S/C16H16Cl2N4O2/c1-16(2,3)22(15(24)10-5-4-6-11(17)9-10)21-14(23)13-19-8-7-12(18)20-13/h4-9H,1-3H3,(H,21,23). The molecule has 0 atom stereocenters. The third-order valence-electron chi connectivity index (χ3n) is 2.98. The van der Waals surface area contributed by atoms with Gasteiger partial charge in [0.15, 0.2) is 0 Å². The summed E-state index contributed by atoms with van der Waals surface area (Å²) in [5.41, 5.74) is 2.20. The number of benzene rings is 1. The van der Waals surface area contributed by atoms with Gasteiger partial charge in [-0.15, -0.1) is 0 Å². The zero-order valence-corrected chi connectivity index (χ0v) is 14.9. The molecule has 0 fully saturated rings. The van der Waals surface area contributed by atoms with E-state index in [1.54, 1.807) is 39.0 Å². The largest absolute Gasteiger partial charge is 0.307 e. The second kappa shape index (κ2) is 7.15. The molecule has 0 spiro atoms. The van der Waals surface area contributed by atoms with Crippen molar-refractivity contribution in [3.63, 3.8) is 0 Å². The van der Waals surface area contributed by atoms with Crippen LogP contribution in [0, 0.1) is 0 Å². The van der Waals surface area contributed by atoms with E-state index in [1.807, 2.05) is 0 Å². The van der Waals surface area contributed by atoms with E-state index < -0.39 is 17.4 Å². The van der Waals surface area contributed by atoms with Crippen molar-refractivity contribution in [3.05, 3.63) is 58.1 Å². The SMILES string of the molecule is CC(C)(C)N(NC(=O)c1nccc(Cl)n1)C(=O)c1cccc(Cl)c1. The van der Waals surface area contributed by atoms with Crippen LogP contribution >= 0.6 is 23.2 Å². The number of aromatic nitrogens is 2. The number of carbonyl (C=O) groups excluding carboxylic acids is 2. The highest BCUT2D eigenvalue weighted by molar-refractivity contribution is 6.31. The van der Waals surface area contributed by atoms with Crippen LogP contribution in [0.15, 0.2) is 36.5 Å². The first kappa shape index (κ1) is 18.2. The van der Waals surface area contributed by atoms with Gasteiger partial charge >= 0.3 is 5.91 Å². The van der Waals surface area contributed by atoms with Crippen molar-refractivity contribution in [1.29, 1.82) is 0 Å². The molecule has 126 valence electrons. The third-order valence-corrected chi connectivity index (χ3v) is 3.43. The fourth-order valence-corrected chi connectivity index (χ4v) is 2.20. The molecule has 1 aromatic carbocycles. The molecule has 24 heavy (non-hydrogen) atoms. The molecule has 0 radical (unpaired) electrons. The van der Waals surface area contributed by atoms with Crippen LogP contribution in [-0.4, -0.2) is 32.3 Å². The average Bonchev–Trinajstić information content (AvgIpc) is 2.50. The van der Waals surface area contributed by atoms with Gasteiger partial charge in [-0.05, 0) is 45.0 Å². The Morgan fingerprint density at radius 3 is 2.46 bits per heavy atom. The van der Waals surface area contributed by atoms with Crippen molar-refractivity contribution in [2.24, 2.45) is 0 Å². The number of rotatable bonds is 2. The minimum atomic E-state index is -0.687. The first-order valence-corrected chi connectivity index (χ1v) is 7.84. The van der Waals surface area contributed by atoms with E-state index in [0.29, 0.717) is 10.6 Å². The molecule has 1 aromatic heterocycles. The molecule has 0 unspecified atom stereocenters. The molecule has 1 heterocycles. The first-order chi connectivity index (χ1) is 11.2. The quantitative estimate of drug-likeness (QED) is 0.652. The minimum Gasteiger partial charge on any atom is -0.267 e. The van der Waals surface area contributed by atoms with Gasteiger partial charge in [-0.1, -0.05) is 29.3 Å². The number of nitrogens with one attached hydrogen (secondary N) is 1. The monoisotopic (exact) mass is 366 g/mol. The molecule has 0 aliphatic heterocycles. The van der Waals surface area contributed by atoms with Gasteiger partial charge in [-0.25, -0.2) is 15.0 Å². The lowest BCUT2D eigenvalue weighted by Gasteiger charge is -2.35. The van der Waals surface area contributed by atoms with Gasteiger partial charge in [0.1, 0.15) is 5.15 Å². The molecule has 0 aliphatic rings. The van der Waals surface area contributed by atoms with Gasteiger partial charge in [-0.2, -0.15) is 0 Å². The average molecular weight is 367 g/mol. The number of halogens is 2. The number of hydrogen-bond acceptors (Lipinski definition) is 4. The third kappa shape index (κ3) is 4.43. The maximum absolute atomic E-state index is 12.8. The Hall–Kier alpha value is -2.18. The summed E-state index contributed by atoms with van der Waals surface area (Å²) in [5.74, 6) is -1.17. The molecule has 0 bridgehead atoms. The summed E-state index contributed by atoms with van der Waals surface area (Å²) >= 11 is 11.7.